The van der Waals surface area contributed by atoms with Gasteiger partial charge in [-0.05, 0) is 52.1 Å². The van der Waals surface area contributed by atoms with E-state index in [1.165, 1.54) is 0 Å². The number of rotatable bonds is 5. The molecule has 5 nitrogen and oxygen atoms in total. The molecule has 0 amide bonds. The molecule has 0 bridgehead atoms. The van der Waals surface area contributed by atoms with Crippen LogP contribution in [0, 0.1) is 13.8 Å². The fourth-order valence-electron chi connectivity index (χ4n) is 1.74. The first-order valence-electron chi connectivity index (χ1n) is 6.18. The number of aryl methyl sites for hydroxylation is 1. The van der Waals surface area contributed by atoms with E-state index < -0.39 is 10.0 Å². The predicted octanol–water partition coefficient (Wildman–Crippen LogP) is 1.11. The van der Waals surface area contributed by atoms with E-state index in [1.807, 2.05) is 25.9 Å². The Hall–Kier alpha value is -1.11. The number of nitrogen functional groups attached to an aromatic ring is 1. The van der Waals surface area contributed by atoms with Gasteiger partial charge in [0, 0.05) is 18.3 Å². The van der Waals surface area contributed by atoms with Crippen LogP contribution in [0.3, 0.4) is 0 Å². The molecule has 1 aromatic carbocycles. The smallest absolute Gasteiger partial charge is 0.241 e. The lowest BCUT2D eigenvalue weighted by Crippen LogP contribution is -2.38. The van der Waals surface area contributed by atoms with Crippen LogP contribution in [0.25, 0.3) is 0 Å². The molecule has 1 aromatic rings. The molecule has 0 aliphatic carbocycles. The van der Waals surface area contributed by atoms with E-state index in [-0.39, 0.29) is 6.04 Å². The molecule has 19 heavy (non-hydrogen) atoms. The van der Waals surface area contributed by atoms with E-state index >= 15 is 0 Å². The van der Waals surface area contributed by atoms with Gasteiger partial charge in [0.1, 0.15) is 0 Å². The lowest BCUT2D eigenvalue weighted by atomic mass is 10.1. The SMILES string of the molecule is Cc1ccc(N)c(C)c1S(=O)(=O)NCC(C)N(C)C. The summed E-state index contributed by atoms with van der Waals surface area (Å²) in [5.41, 5.74) is 7.59. The Morgan fingerprint density at radius 1 is 1.32 bits per heavy atom. The highest BCUT2D eigenvalue weighted by molar-refractivity contribution is 7.89. The van der Waals surface area contributed by atoms with Gasteiger partial charge in [-0.1, -0.05) is 6.07 Å². The first-order chi connectivity index (χ1) is 8.66. The Morgan fingerprint density at radius 3 is 2.42 bits per heavy atom. The van der Waals surface area contributed by atoms with Crippen molar-refractivity contribution in [1.82, 2.24) is 9.62 Å². The van der Waals surface area contributed by atoms with Gasteiger partial charge in [0.05, 0.1) is 4.90 Å². The van der Waals surface area contributed by atoms with E-state index in [0.29, 0.717) is 28.3 Å². The number of likely N-dealkylation sites (N-methyl/N-ethyl adjacent to an activating group) is 1. The topological polar surface area (TPSA) is 75.4 Å². The Morgan fingerprint density at radius 2 is 1.89 bits per heavy atom. The molecular formula is C13H23N3O2S. The number of benzene rings is 1. The average molecular weight is 285 g/mol. The van der Waals surface area contributed by atoms with Crippen LogP contribution < -0.4 is 10.5 Å². The summed E-state index contributed by atoms with van der Waals surface area (Å²) in [6, 6.07) is 3.58. The summed E-state index contributed by atoms with van der Waals surface area (Å²) in [6.45, 7) is 5.83. The van der Waals surface area contributed by atoms with E-state index in [0.717, 1.165) is 0 Å². The van der Waals surface area contributed by atoms with Crippen LogP contribution in [-0.2, 0) is 10.0 Å². The van der Waals surface area contributed by atoms with Gasteiger partial charge in [0.25, 0.3) is 0 Å². The molecule has 0 aromatic heterocycles. The summed E-state index contributed by atoms with van der Waals surface area (Å²) in [5.74, 6) is 0. The van der Waals surface area contributed by atoms with Crippen LogP contribution in [-0.4, -0.2) is 40.0 Å². The largest absolute Gasteiger partial charge is 0.398 e. The Labute approximate surface area is 115 Å². The van der Waals surface area contributed by atoms with Crippen molar-refractivity contribution >= 4 is 15.7 Å². The zero-order valence-electron chi connectivity index (χ0n) is 12.2. The molecule has 0 aliphatic heterocycles. The number of hydrogen-bond acceptors (Lipinski definition) is 4. The molecule has 1 unspecified atom stereocenters. The summed E-state index contributed by atoms with van der Waals surface area (Å²) in [7, 11) is 0.296. The molecule has 1 rings (SSSR count). The Bertz CT molecular complexity index is 553. The third-order valence-corrected chi connectivity index (χ3v) is 5.08. The molecule has 0 aliphatic rings. The van der Waals surface area contributed by atoms with Gasteiger partial charge in [-0.3, -0.25) is 0 Å². The summed E-state index contributed by atoms with van der Waals surface area (Å²) in [5, 5.41) is 0. The normalized spacial score (nSPS) is 13.8. The maximum atomic E-state index is 12.4. The van der Waals surface area contributed by atoms with Crippen molar-refractivity contribution in [2.45, 2.75) is 31.7 Å². The van der Waals surface area contributed by atoms with Gasteiger partial charge in [-0.2, -0.15) is 0 Å². The minimum atomic E-state index is -3.53. The van der Waals surface area contributed by atoms with Crippen LogP contribution in [0.5, 0.6) is 0 Å². The highest BCUT2D eigenvalue weighted by Crippen LogP contribution is 2.24. The van der Waals surface area contributed by atoms with Crippen molar-refractivity contribution < 1.29 is 8.42 Å². The van der Waals surface area contributed by atoms with Crippen molar-refractivity contribution in [3.8, 4) is 0 Å². The fraction of sp³-hybridized carbons (Fsp3) is 0.538. The second kappa shape index (κ2) is 5.90. The summed E-state index contributed by atoms with van der Waals surface area (Å²) < 4.78 is 27.4. The predicted molar refractivity (Wildman–Crippen MR) is 78.7 cm³/mol. The van der Waals surface area contributed by atoms with Crippen molar-refractivity contribution in [2.24, 2.45) is 0 Å². The van der Waals surface area contributed by atoms with Gasteiger partial charge in [0.2, 0.25) is 10.0 Å². The molecule has 1 atom stereocenters. The molecule has 6 heteroatoms. The molecule has 0 radical (unpaired) electrons. The summed E-state index contributed by atoms with van der Waals surface area (Å²) >= 11 is 0. The van der Waals surface area contributed by atoms with Gasteiger partial charge in [0.15, 0.2) is 0 Å². The van der Waals surface area contributed by atoms with Crippen LogP contribution in [0.4, 0.5) is 5.69 Å². The van der Waals surface area contributed by atoms with Crippen LogP contribution in [0.15, 0.2) is 17.0 Å². The zero-order valence-corrected chi connectivity index (χ0v) is 13.0. The molecule has 3 N–H and O–H groups in total. The monoisotopic (exact) mass is 285 g/mol. The van der Waals surface area contributed by atoms with Crippen molar-refractivity contribution in [1.29, 1.82) is 0 Å². The molecule has 0 saturated heterocycles. The van der Waals surface area contributed by atoms with E-state index in [2.05, 4.69) is 4.72 Å². The Balaban J connectivity index is 3.05. The number of sulfonamides is 1. The third kappa shape index (κ3) is 3.68. The minimum absolute atomic E-state index is 0.122. The van der Waals surface area contributed by atoms with Crippen LogP contribution in [0.1, 0.15) is 18.1 Å². The summed E-state index contributed by atoms with van der Waals surface area (Å²) in [4.78, 5) is 2.25. The minimum Gasteiger partial charge on any atom is -0.398 e. The number of nitrogens with one attached hydrogen (secondary N) is 1. The lowest BCUT2D eigenvalue weighted by Gasteiger charge is -2.21. The van der Waals surface area contributed by atoms with Crippen LogP contribution >= 0.6 is 0 Å². The fourth-order valence-corrected chi connectivity index (χ4v) is 3.36. The van der Waals surface area contributed by atoms with Crippen LogP contribution in [0.2, 0.25) is 0 Å². The number of anilines is 1. The first kappa shape index (κ1) is 15.9. The van der Waals surface area contributed by atoms with E-state index in [9.17, 15) is 8.42 Å². The zero-order chi connectivity index (χ0) is 14.8. The third-order valence-electron chi connectivity index (χ3n) is 3.36. The van der Waals surface area contributed by atoms with Gasteiger partial charge in [-0.25, -0.2) is 13.1 Å². The summed E-state index contributed by atoms with van der Waals surface area (Å²) in [6.07, 6.45) is 0. The van der Waals surface area contributed by atoms with E-state index in [4.69, 9.17) is 5.73 Å². The molecular weight excluding hydrogens is 262 g/mol. The maximum Gasteiger partial charge on any atom is 0.241 e. The lowest BCUT2D eigenvalue weighted by molar-refractivity contribution is 0.314. The molecule has 0 saturated carbocycles. The number of nitrogens with zero attached hydrogens (tertiary/aromatic N) is 1. The second-order valence-electron chi connectivity index (χ2n) is 5.09. The van der Waals surface area contributed by atoms with Gasteiger partial charge in [-0.15, -0.1) is 0 Å². The van der Waals surface area contributed by atoms with Gasteiger partial charge < -0.3 is 10.6 Å². The highest BCUT2D eigenvalue weighted by atomic mass is 32.2. The maximum absolute atomic E-state index is 12.4. The highest BCUT2D eigenvalue weighted by Gasteiger charge is 2.21. The molecule has 0 spiro atoms. The Kier molecular flexibility index (Phi) is 4.95. The first-order valence-corrected chi connectivity index (χ1v) is 7.67. The van der Waals surface area contributed by atoms with Crippen molar-refractivity contribution in [3.05, 3.63) is 23.3 Å². The van der Waals surface area contributed by atoms with Crippen molar-refractivity contribution in [2.75, 3.05) is 26.4 Å². The number of hydrogen-bond donors (Lipinski definition) is 2. The van der Waals surface area contributed by atoms with E-state index in [1.54, 1.807) is 26.0 Å². The molecule has 108 valence electrons. The second-order valence-corrected chi connectivity index (χ2v) is 6.79. The molecule has 0 heterocycles. The van der Waals surface area contributed by atoms with Crippen molar-refractivity contribution in [3.63, 3.8) is 0 Å². The average Bonchev–Trinajstić information content (AvgIpc) is 2.31. The molecule has 0 fully saturated rings. The van der Waals surface area contributed by atoms with Gasteiger partial charge >= 0.3 is 0 Å². The number of nitrogens with two attached hydrogens (primary N) is 1. The standard InChI is InChI=1S/C13H23N3O2S/c1-9-6-7-12(14)11(3)13(9)19(17,18)15-8-10(2)16(4)5/h6-7,10,15H,8,14H2,1-5H3. The quantitative estimate of drug-likeness (QED) is 0.795.